The fourth-order valence-electron chi connectivity index (χ4n) is 4.13. The Morgan fingerprint density at radius 2 is 1.90 bits per heavy atom. The first-order valence-electron chi connectivity index (χ1n) is 10.1. The SMILES string of the molecule is CC(c1ccc2nnc(-c3ccc4ccc(C(F)(F)F)cc4n3)n2c1)N1CC[C@H](N)C1. The van der Waals surface area contributed by atoms with Gasteiger partial charge in [0.1, 0.15) is 5.69 Å². The van der Waals surface area contributed by atoms with Gasteiger partial charge in [0.25, 0.3) is 0 Å². The predicted octanol–water partition coefficient (Wildman–Crippen LogP) is 4.06. The van der Waals surface area contributed by atoms with Gasteiger partial charge in [0.15, 0.2) is 11.5 Å². The first kappa shape index (κ1) is 19.9. The summed E-state index contributed by atoms with van der Waals surface area (Å²) < 4.78 is 41.1. The minimum absolute atomic E-state index is 0.173. The number of hydrogen-bond acceptors (Lipinski definition) is 5. The van der Waals surface area contributed by atoms with Crippen LogP contribution in [-0.2, 0) is 6.18 Å². The third kappa shape index (κ3) is 3.64. The lowest BCUT2D eigenvalue weighted by atomic mass is 10.1. The Labute approximate surface area is 176 Å². The molecule has 160 valence electrons. The fraction of sp³-hybridized carbons (Fsp3) is 0.318. The Bertz CT molecular complexity index is 1270. The predicted molar refractivity (Wildman–Crippen MR) is 111 cm³/mol. The summed E-state index contributed by atoms with van der Waals surface area (Å²) in [6, 6.07) is 11.3. The van der Waals surface area contributed by atoms with Crippen LogP contribution in [0.5, 0.6) is 0 Å². The second kappa shape index (κ2) is 7.28. The third-order valence-corrected chi connectivity index (χ3v) is 5.96. The average Bonchev–Trinajstić information content (AvgIpc) is 3.37. The highest BCUT2D eigenvalue weighted by Crippen LogP contribution is 2.32. The van der Waals surface area contributed by atoms with E-state index >= 15 is 0 Å². The van der Waals surface area contributed by atoms with Crippen molar-refractivity contribution in [2.24, 2.45) is 5.73 Å². The molecule has 1 unspecified atom stereocenters. The molecule has 0 radical (unpaired) electrons. The van der Waals surface area contributed by atoms with Gasteiger partial charge >= 0.3 is 6.18 Å². The molecule has 31 heavy (non-hydrogen) atoms. The average molecular weight is 426 g/mol. The van der Waals surface area contributed by atoms with E-state index in [-0.39, 0.29) is 17.6 Å². The third-order valence-electron chi connectivity index (χ3n) is 5.96. The Kier molecular flexibility index (Phi) is 4.67. The number of rotatable bonds is 3. The molecule has 9 heteroatoms. The van der Waals surface area contributed by atoms with Crippen molar-refractivity contribution in [3.63, 3.8) is 0 Å². The summed E-state index contributed by atoms with van der Waals surface area (Å²) in [7, 11) is 0. The van der Waals surface area contributed by atoms with Crippen molar-refractivity contribution in [3.05, 3.63) is 59.8 Å². The number of nitrogens with zero attached hydrogens (tertiary/aromatic N) is 5. The number of halogens is 3. The van der Waals surface area contributed by atoms with Crippen LogP contribution in [0.25, 0.3) is 28.1 Å². The highest BCUT2D eigenvalue weighted by Gasteiger charge is 2.30. The van der Waals surface area contributed by atoms with Gasteiger partial charge in [0.05, 0.1) is 11.1 Å². The molecule has 0 aliphatic carbocycles. The highest BCUT2D eigenvalue weighted by molar-refractivity contribution is 5.81. The van der Waals surface area contributed by atoms with Crippen molar-refractivity contribution >= 4 is 16.6 Å². The molecule has 0 spiro atoms. The van der Waals surface area contributed by atoms with E-state index in [1.54, 1.807) is 12.1 Å². The molecule has 5 rings (SSSR count). The molecule has 1 aliphatic heterocycles. The van der Waals surface area contributed by atoms with Gasteiger partial charge in [-0.3, -0.25) is 9.30 Å². The second-order valence-corrected chi connectivity index (χ2v) is 8.04. The standard InChI is InChI=1S/C22H21F3N6/c1-13(30-9-8-17(26)12-30)15-4-7-20-28-29-21(31(20)11-15)18-6-3-14-2-5-16(22(23,24)25)10-19(14)27-18/h2-7,10-11,13,17H,8-9,12,26H2,1H3/t13?,17-/m0/s1. The Balaban J connectivity index is 1.55. The molecule has 0 saturated carbocycles. The van der Waals surface area contributed by atoms with Crippen LogP contribution in [0.2, 0.25) is 0 Å². The van der Waals surface area contributed by atoms with Crippen LogP contribution in [0.15, 0.2) is 48.7 Å². The van der Waals surface area contributed by atoms with E-state index in [0.717, 1.165) is 37.2 Å². The Morgan fingerprint density at radius 1 is 1.10 bits per heavy atom. The van der Waals surface area contributed by atoms with Gasteiger partial charge in [-0.15, -0.1) is 10.2 Å². The van der Waals surface area contributed by atoms with Gasteiger partial charge < -0.3 is 5.73 Å². The number of pyridine rings is 2. The van der Waals surface area contributed by atoms with E-state index in [2.05, 4.69) is 27.0 Å². The van der Waals surface area contributed by atoms with Gasteiger partial charge in [-0.1, -0.05) is 18.2 Å². The summed E-state index contributed by atoms with van der Waals surface area (Å²) in [6.45, 7) is 3.93. The van der Waals surface area contributed by atoms with Gasteiger partial charge in [-0.2, -0.15) is 13.2 Å². The molecular weight excluding hydrogens is 405 g/mol. The summed E-state index contributed by atoms with van der Waals surface area (Å²) in [5, 5.41) is 9.08. The van der Waals surface area contributed by atoms with Crippen molar-refractivity contribution in [1.29, 1.82) is 0 Å². The van der Waals surface area contributed by atoms with Crippen LogP contribution in [-0.4, -0.2) is 43.6 Å². The maximum atomic E-state index is 13.1. The second-order valence-electron chi connectivity index (χ2n) is 8.04. The van der Waals surface area contributed by atoms with Crippen molar-refractivity contribution in [2.75, 3.05) is 13.1 Å². The molecule has 3 aromatic heterocycles. The van der Waals surface area contributed by atoms with Crippen molar-refractivity contribution in [2.45, 2.75) is 31.6 Å². The normalized spacial score (nSPS) is 18.8. The van der Waals surface area contributed by atoms with Crippen LogP contribution >= 0.6 is 0 Å². The van der Waals surface area contributed by atoms with Gasteiger partial charge in [-0.25, -0.2) is 4.98 Å². The highest BCUT2D eigenvalue weighted by atomic mass is 19.4. The molecular formula is C22H21F3N6. The molecule has 0 bridgehead atoms. The van der Waals surface area contributed by atoms with Crippen molar-refractivity contribution in [1.82, 2.24) is 24.5 Å². The first-order valence-corrected chi connectivity index (χ1v) is 10.1. The van der Waals surface area contributed by atoms with Gasteiger partial charge in [0.2, 0.25) is 0 Å². The molecule has 1 aromatic carbocycles. The van der Waals surface area contributed by atoms with Crippen LogP contribution < -0.4 is 5.73 Å². The molecule has 0 amide bonds. The van der Waals surface area contributed by atoms with Crippen molar-refractivity contribution in [3.8, 4) is 11.5 Å². The smallest absolute Gasteiger partial charge is 0.326 e. The Hall–Kier alpha value is -3.04. The maximum Gasteiger partial charge on any atom is 0.416 e. The molecule has 4 heterocycles. The zero-order valence-electron chi connectivity index (χ0n) is 16.8. The summed E-state index contributed by atoms with van der Waals surface area (Å²) in [4.78, 5) is 6.79. The molecule has 1 aliphatic rings. The van der Waals surface area contributed by atoms with E-state index in [1.165, 1.54) is 6.07 Å². The zero-order chi connectivity index (χ0) is 21.8. The number of benzene rings is 1. The number of fused-ring (bicyclic) bond motifs is 2. The van der Waals surface area contributed by atoms with Crippen LogP contribution in [0.3, 0.4) is 0 Å². The number of nitrogens with two attached hydrogens (primary N) is 1. The molecule has 2 N–H and O–H groups in total. The lowest BCUT2D eigenvalue weighted by Crippen LogP contribution is -2.28. The first-order chi connectivity index (χ1) is 14.8. The number of alkyl halides is 3. The van der Waals surface area contributed by atoms with Gasteiger partial charge in [-0.05, 0) is 43.2 Å². The van der Waals surface area contributed by atoms with Gasteiger partial charge in [0, 0.05) is 36.8 Å². The lowest BCUT2D eigenvalue weighted by Gasteiger charge is -2.24. The number of hydrogen-bond donors (Lipinski definition) is 1. The lowest BCUT2D eigenvalue weighted by molar-refractivity contribution is -0.137. The quantitative estimate of drug-likeness (QED) is 0.535. The summed E-state index contributed by atoms with van der Waals surface area (Å²) in [6.07, 6.45) is -1.47. The van der Waals surface area contributed by atoms with Crippen LogP contribution in [0.4, 0.5) is 13.2 Å². The molecule has 2 atom stereocenters. The summed E-state index contributed by atoms with van der Waals surface area (Å²) in [5.41, 5.74) is 7.79. The Morgan fingerprint density at radius 3 is 2.65 bits per heavy atom. The summed E-state index contributed by atoms with van der Waals surface area (Å²) >= 11 is 0. The van der Waals surface area contributed by atoms with Crippen LogP contribution in [0.1, 0.15) is 30.5 Å². The topological polar surface area (TPSA) is 72.3 Å². The fourth-order valence-corrected chi connectivity index (χ4v) is 4.13. The van der Waals surface area contributed by atoms with Crippen molar-refractivity contribution < 1.29 is 13.2 Å². The number of aromatic nitrogens is 4. The van der Waals surface area contributed by atoms with E-state index in [0.29, 0.717) is 22.6 Å². The molecule has 1 saturated heterocycles. The van der Waals surface area contributed by atoms with Crippen LogP contribution in [0, 0.1) is 0 Å². The zero-order valence-corrected chi connectivity index (χ0v) is 16.8. The molecule has 6 nitrogen and oxygen atoms in total. The largest absolute Gasteiger partial charge is 0.416 e. The number of likely N-dealkylation sites (tertiary alicyclic amines) is 1. The van der Waals surface area contributed by atoms with E-state index in [4.69, 9.17) is 5.73 Å². The molecule has 1 fully saturated rings. The molecule has 4 aromatic rings. The minimum atomic E-state index is -4.42. The minimum Gasteiger partial charge on any atom is -0.326 e. The van der Waals surface area contributed by atoms with E-state index in [9.17, 15) is 13.2 Å². The summed E-state index contributed by atoms with van der Waals surface area (Å²) in [5.74, 6) is 0.487. The van der Waals surface area contributed by atoms with E-state index < -0.39 is 11.7 Å². The monoisotopic (exact) mass is 426 g/mol. The maximum absolute atomic E-state index is 13.1. The van der Waals surface area contributed by atoms with E-state index in [1.807, 2.05) is 22.7 Å².